The van der Waals surface area contributed by atoms with Crippen LogP contribution in [0.5, 0.6) is 0 Å². The van der Waals surface area contributed by atoms with Crippen molar-refractivity contribution in [2.45, 2.75) is 70.5 Å². The number of aryl methyl sites for hydroxylation is 1. The molecule has 0 aliphatic heterocycles. The molecule has 1 heterocycles. The minimum absolute atomic E-state index is 0.143. The van der Waals surface area contributed by atoms with Gasteiger partial charge in [-0.15, -0.1) is 0 Å². The van der Waals surface area contributed by atoms with Crippen molar-refractivity contribution in [1.82, 2.24) is 4.98 Å². The lowest BCUT2D eigenvalue weighted by Crippen LogP contribution is -2.56. The fraction of sp³-hybridized carbons (Fsp3) is 0.583. The monoisotopic (exact) mass is 395 g/mol. The number of Topliss-reactive ketones (excluding diaryl/α,β-unsaturated/α-hetero) is 1. The average Bonchev–Trinajstić information content (AvgIpc) is 2.93. The summed E-state index contributed by atoms with van der Waals surface area (Å²) in [6, 6.07) is 7.68. The highest BCUT2D eigenvalue weighted by molar-refractivity contribution is 6.11. The summed E-state index contributed by atoms with van der Waals surface area (Å²) in [6.07, 6.45) is 5.16. The van der Waals surface area contributed by atoms with Gasteiger partial charge in [0.1, 0.15) is 0 Å². The van der Waals surface area contributed by atoms with Gasteiger partial charge in [-0.25, -0.2) is 0 Å². The van der Waals surface area contributed by atoms with Gasteiger partial charge < -0.3 is 14.8 Å². The van der Waals surface area contributed by atoms with Crippen LogP contribution in [0.3, 0.4) is 0 Å². The van der Waals surface area contributed by atoms with Crippen LogP contribution in [-0.4, -0.2) is 33.5 Å². The number of ketones is 1. The van der Waals surface area contributed by atoms with Gasteiger partial charge in [-0.3, -0.25) is 9.59 Å². The van der Waals surface area contributed by atoms with E-state index in [1.165, 1.54) is 6.42 Å². The predicted molar refractivity (Wildman–Crippen MR) is 110 cm³/mol. The van der Waals surface area contributed by atoms with Crippen molar-refractivity contribution >= 4 is 22.7 Å². The highest BCUT2D eigenvalue weighted by Crippen LogP contribution is 2.62. The highest BCUT2D eigenvalue weighted by atomic mass is 16.5. The van der Waals surface area contributed by atoms with E-state index in [2.05, 4.69) is 4.98 Å². The van der Waals surface area contributed by atoms with E-state index in [1.54, 1.807) is 6.92 Å². The Bertz CT molecular complexity index is 976. The minimum Gasteiger partial charge on any atom is -0.454 e. The summed E-state index contributed by atoms with van der Waals surface area (Å²) < 4.78 is 5.63. The van der Waals surface area contributed by atoms with Crippen LogP contribution < -0.4 is 0 Å². The maximum absolute atomic E-state index is 13.1. The van der Waals surface area contributed by atoms with Gasteiger partial charge >= 0.3 is 5.97 Å². The molecule has 2 N–H and O–H groups in total. The van der Waals surface area contributed by atoms with Gasteiger partial charge in [-0.1, -0.05) is 18.2 Å². The molecule has 2 unspecified atom stereocenters. The average molecular weight is 395 g/mol. The van der Waals surface area contributed by atoms with Crippen molar-refractivity contribution in [2.24, 2.45) is 17.3 Å². The van der Waals surface area contributed by atoms with E-state index in [4.69, 9.17) is 4.74 Å². The van der Waals surface area contributed by atoms with E-state index in [-0.39, 0.29) is 17.2 Å². The number of carbonyl (C=O) groups excluding carboxylic acids is 2. The molecule has 4 fully saturated rings. The van der Waals surface area contributed by atoms with Crippen molar-refractivity contribution in [3.8, 4) is 0 Å². The van der Waals surface area contributed by atoms with Crippen molar-refractivity contribution in [3.63, 3.8) is 0 Å². The van der Waals surface area contributed by atoms with E-state index in [1.807, 2.05) is 31.2 Å². The van der Waals surface area contributed by atoms with Gasteiger partial charge in [-0.2, -0.15) is 0 Å². The van der Waals surface area contributed by atoms with Crippen LogP contribution in [0.2, 0.25) is 0 Å². The summed E-state index contributed by atoms with van der Waals surface area (Å²) in [6.45, 7) is 3.53. The Morgan fingerprint density at radius 1 is 1.21 bits per heavy atom. The summed E-state index contributed by atoms with van der Waals surface area (Å²) in [5.41, 5.74) is 1.57. The lowest BCUT2D eigenvalue weighted by atomic mass is 9.47. The lowest BCUT2D eigenvalue weighted by molar-refractivity contribution is -0.178. The van der Waals surface area contributed by atoms with Gasteiger partial charge in [0.05, 0.1) is 12.0 Å². The molecule has 0 amide bonds. The fourth-order valence-corrected chi connectivity index (χ4v) is 7.00. The second kappa shape index (κ2) is 6.43. The Hall–Kier alpha value is -2.14. The third kappa shape index (κ3) is 3.20. The number of hydrogen-bond donors (Lipinski definition) is 2. The molecule has 0 spiro atoms. The van der Waals surface area contributed by atoms with E-state index in [0.29, 0.717) is 30.2 Å². The molecule has 4 saturated carbocycles. The Balaban J connectivity index is 1.30. The number of aromatic nitrogens is 1. The number of fused-ring (bicyclic) bond motifs is 1. The summed E-state index contributed by atoms with van der Waals surface area (Å²) >= 11 is 0. The quantitative estimate of drug-likeness (QED) is 0.584. The van der Waals surface area contributed by atoms with Gasteiger partial charge in [0.25, 0.3) is 0 Å². The topological polar surface area (TPSA) is 79.4 Å². The first-order chi connectivity index (χ1) is 13.8. The second-order valence-electron chi connectivity index (χ2n) is 10.0. The van der Waals surface area contributed by atoms with E-state index >= 15 is 0 Å². The minimum atomic E-state index is -0.822. The van der Waals surface area contributed by atoms with Gasteiger partial charge in [0.2, 0.25) is 5.78 Å². The molecule has 5 heteroatoms. The van der Waals surface area contributed by atoms with Crippen molar-refractivity contribution in [2.75, 3.05) is 0 Å². The molecule has 4 aliphatic carbocycles. The number of hydrogen-bond acceptors (Lipinski definition) is 4. The zero-order chi connectivity index (χ0) is 20.4. The first kappa shape index (κ1) is 18.9. The van der Waals surface area contributed by atoms with Gasteiger partial charge in [0.15, 0.2) is 6.10 Å². The molecule has 6 rings (SSSR count). The summed E-state index contributed by atoms with van der Waals surface area (Å²) in [5.74, 6) is 0.579. The Kier molecular flexibility index (Phi) is 4.18. The van der Waals surface area contributed by atoms with Crippen LogP contribution in [0, 0.1) is 24.2 Å². The number of carbonyl (C=O) groups is 2. The zero-order valence-corrected chi connectivity index (χ0v) is 17.2. The second-order valence-corrected chi connectivity index (χ2v) is 10.0. The number of rotatable bonds is 5. The third-order valence-electron chi connectivity index (χ3n) is 7.49. The lowest BCUT2D eigenvalue weighted by Gasteiger charge is -2.60. The molecule has 154 valence electrons. The van der Waals surface area contributed by atoms with Gasteiger partial charge in [-0.05, 0) is 75.7 Å². The molecule has 1 aromatic carbocycles. The van der Waals surface area contributed by atoms with Crippen LogP contribution in [0.1, 0.15) is 67.9 Å². The van der Waals surface area contributed by atoms with E-state index in [0.717, 1.165) is 42.3 Å². The SMILES string of the molecule is Cc1[nH]c2ccccc2c1C(=O)[C@H](C)OC(=O)CC12C[C@@H]3C[C@@H](CC(O)(C3)C1)C2. The molecular weight excluding hydrogens is 366 g/mol. The molecule has 1 aromatic heterocycles. The van der Waals surface area contributed by atoms with Crippen molar-refractivity contribution in [1.29, 1.82) is 0 Å². The molecule has 5 nitrogen and oxygen atoms in total. The molecule has 29 heavy (non-hydrogen) atoms. The van der Waals surface area contributed by atoms with Crippen molar-refractivity contribution in [3.05, 3.63) is 35.5 Å². The van der Waals surface area contributed by atoms with E-state index < -0.39 is 11.7 Å². The van der Waals surface area contributed by atoms with Crippen LogP contribution in [-0.2, 0) is 9.53 Å². The number of para-hydroxylation sites is 1. The molecular formula is C24H29NO4. The molecule has 2 aromatic rings. The maximum atomic E-state index is 13.1. The standard InChI is InChI=1S/C24H29NO4/c1-14-21(18-5-3-4-6-19(18)25-14)22(27)15(2)29-20(26)12-23-8-16-7-17(9-23)11-24(28,10-16)13-23/h3-6,15-17,25,28H,7-13H2,1-2H3/t15-,16-,17+,23?,24?/m0/s1. The third-order valence-corrected chi connectivity index (χ3v) is 7.49. The van der Waals surface area contributed by atoms with Crippen LogP contribution >= 0.6 is 0 Å². The van der Waals surface area contributed by atoms with Crippen LogP contribution in [0.15, 0.2) is 24.3 Å². The number of aromatic amines is 1. The number of benzene rings is 1. The number of aliphatic hydroxyl groups is 1. The first-order valence-corrected chi connectivity index (χ1v) is 10.8. The first-order valence-electron chi connectivity index (χ1n) is 10.8. The number of H-pyrrole nitrogens is 1. The van der Waals surface area contributed by atoms with Crippen molar-refractivity contribution < 1.29 is 19.4 Å². The van der Waals surface area contributed by atoms with E-state index in [9.17, 15) is 14.7 Å². The predicted octanol–water partition coefficient (Wildman–Crippen LogP) is 4.31. The Labute approximate surface area is 170 Å². The normalized spacial score (nSPS) is 33.8. The smallest absolute Gasteiger partial charge is 0.307 e. The number of esters is 1. The molecule has 5 atom stereocenters. The van der Waals surface area contributed by atoms with Gasteiger partial charge in [0, 0.05) is 22.2 Å². The molecule has 0 saturated heterocycles. The van der Waals surface area contributed by atoms with Crippen LogP contribution in [0.25, 0.3) is 10.9 Å². The zero-order valence-electron chi connectivity index (χ0n) is 17.2. The Morgan fingerprint density at radius 2 is 1.90 bits per heavy atom. The molecule has 4 bridgehead atoms. The summed E-state index contributed by atoms with van der Waals surface area (Å²) in [5, 5.41) is 11.8. The fourth-order valence-electron chi connectivity index (χ4n) is 7.00. The molecule has 0 radical (unpaired) electrons. The highest BCUT2D eigenvalue weighted by Gasteiger charge is 2.57. The summed E-state index contributed by atoms with van der Waals surface area (Å²) in [7, 11) is 0. The maximum Gasteiger partial charge on any atom is 0.307 e. The molecule has 4 aliphatic rings. The number of nitrogens with one attached hydrogen (secondary N) is 1. The largest absolute Gasteiger partial charge is 0.454 e. The number of ether oxygens (including phenoxy) is 1. The van der Waals surface area contributed by atoms with Crippen LogP contribution in [0.4, 0.5) is 0 Å². The summed E-state index contributed by atoms with van der Waals surface area (Å²) in [4.78, 5) is 29.1. The Morgan fingerprint density at radius 3 is 2.59 bits per heavy atom.